The van der Waals surface area contributed by atoms with Gasteiger partial charge in [0.25, 0.3) is 0 Å². The molecular formula is C15H24O3. The van der Waals surface area contributed by atoms with Crippen LogP contribution in [0.15, 0.2) is 12.7 Å². The van der Waals surface area contributed by atoms with Gasteiger partial charge in [-0.25, -0.2) is 4.79 Å². The summed E-state index contributed by atoms with van der Waals surface area (Å²) in [5.74, 6) is 0.918. The molecule has 3 fully saturated rings. The molecule has 0 aromatic carbocycles. The van der Waals surface area contributed by atoms with Crippen molar-refractivity contribution in [3.05, 3.63) is 12.7 Å². The Hall–Kier alpha value is -0.830. The van der Waals surface area contributed by atoms with E-state index in [1.165, 1.54) is 51.4 Å². The fourth-order valence-corrected chi connectivity index (χ4v) is 3.47. The molecule has 3 aliphatic rings. The van der Waals surface area contributed by atoms with Crippen LogP contribution in [-0.2, 0) is 9.53 Å². The summed E-state index contributed by atoms with van der Waals surface area (Å²) >= 11 is 0. The molecule has 3 rings (SSSR count). The van der Waals surface area contributed by atoms with E-state index < -0.39 is 5.97 Å². The summed E-state index contributed by atoms with van der Waals surface area (Å²) < 4.78 is 5.88. The zero-order chi connectivity index (χ0) is 13.0. The van der Waals surface area contributed by atoms with E-state index in [2.05, 4.69) is 6.58 Å². The summed E-state index contributed by atoms with van der Waals surface area (Å²) in [5.41, 5.74) is 0. The van der Waals surface area contributed by atoms with E-state index in [1.807, 2.05) is 0 Å². The maximum atomic E-state index is 9.25. The number of epoxide rings is 1. The molecule has 3 heteroatoms. The molecule has 18 heavy (non-hydrogen) atoms. The van der Waals surface area contributed by atoms with E-state index >= 15 is 0 Å². The second-order valence-corrected chi connectivity index (χ2v) is 5.70. The van der Waals surface area contributed by atoms with Gasteiger partial charge in [-0.3, -0.25) is 0 Å². The third kappa shape index (κ3) is 3.58. The molecule has 0 bridgehead atoms. The minimum absolute atomic E-state index is 0.700. The summed E-state index contributed by atoms with van der Waals surface area (Å²) in [6.07, 6.45) is 13.9. The number of rotatable bonds is 3. The van der Waals surface area contributed by atoms with Gasteiger partial charge in [-0.2, -0.15) is 0 Å². The molecule has 0 amide bonds. The third-order valence-electron chi connectivity index (χ3n) is 4.46. The number of carbonyl (C=O) groups is 1. The largest absolute Gasteiger partial charge is 0.478 e. The number of carboxylic acid groups (broad SMARTS) is 1. The number of hydrogen-bond donors (Lipinski definition) is 1. The van der Waals surface area contributed by atoms with Crippen LogP contribution in [0.1, 0.15) is 51.4 Å². The van der Waals surface area contributed by atoms with Gasteiger partial charge in [0, 0.05) is 6.08 Å². The molecule has 1 N–H and O–H groups in total. The molecule has 0 radical (unpaired) electrons. The predicted molar refractivity (Wildman–Crippen MR) is 70.4 cm³/mol. The Labute approximate surface area is 109 Å². The zero-order valence-corrected chi connectivity index (χ0v) is 11.0. The van der Waals surface area contributed by atoms with E-state index in [-0.39, 0.29) is 0 Å². The Bertz CT molecular complexity index is 268. The molecule has 2 saturated carbocycles. The van der Waals surface area contributed by atoms with Crippen LogP contribution in [0.25, 0.3) is 0 Å². The van der Waals surface area contributed by atoms with Crippen LogP contribution in [0.3, 0.4) is 0 Å². The highest BCUT2D eigenvalue weighted by molar-refractivity contribution is 5.78. The van der Waals surface area contributed by atoms with Gasteiger partial charge in [-0.15, -0.1) is 0 Å². The lowest BCUT2D eigenvalue weighted by Gasteiger charge is -2.06. The molecule has 3 nitrogen and oxygen atoms in total. The number of aliphatic carboxylic acids is 1. The van der Waals surface area contributed by atoms with Gasteiger partial charge >= 0.3 is 5.97 Å². The molecule has 0 aromatic heterocycles. The van der Waals surface area contributed by atoms with E-state index in [1.54, 1.807) is 0 Å². The molecule has 0 aromatic rings. The predicted octanol–water partition coefficient (Wildman–Crippen LogP) is 3.39. The van der Waals surface area contributed by atoms with Crippen LogP contribution in [0.4, 0.5) is 0 Å². The first-order valence-corrected chi connectivity index (χ1v) is 7.23. The van der Waals surface area contributed by atoms with E-state index in [9.17, 15) is 4.79 Å². The number of carboxylic acids is 1. The van der Waals surface area contributed by atoms with Crippen molar-refractivity contribution in [3.63, 3.8) is 0 Å². The van der Waals surface area contributed by atoms with Crippen LogP contribution in [0, 0.1) is 11.8 Å². The summed E-state index contributed by atoms with van der Waals surface area (Å²) in [5, 5.41) is 7.60. The van der Waals surface area contributed by atoms with Gasteiger partial charge in [-0.05, 0) is 37.5 Å². The van der Waals surface area contributed by atoms with Crippen LogP contribution in [0.2, 0.25) is 0 Å². The lowest BCUT2D eigenvalue weighted by atomic mass is 9.94. The third-order valence-corrected chi connectivity index (χ3v) is 4.46. The fourth-order valence-electron chi connectivity index (χ4n) is 3.47. The molecule has 2 unspecified atom stereocenters. The first-order valence-electron chi connectivity index (χ1n) is 7.23. The lowest BCUT2D eigenvalue weighted by Crippen LogP contribution is -2.12. The summed E-state index contributed by atoms with van der Waals surface area (Å²) in [6, 6.07) is 0. The quantitative estimate of drug-likeness (QED) is 0.618. The van der Waals surface area contributed by atoms with Crippen molar-refractivity contribution >= 4 is 5.97 Å². The molecular weight excluding hydrogens is 228 g/mol. The summed E-state index contributed by atoms with van der Waals surface area (Å²) in [4.78, 5) is 9.25. The smallest absolute Gasteiger partial charge is 0.327 e. The van der Waals surface area contributed by atoms with Crippen molar-refractivity contribution in [1.82, 2.24) is 0 Å². The minimum atomic E-state index is -0.981. The second kappa shape index (κ2) is 6.37. The van der Waals surface area contributed by atoms with Crippen molar-refractivity contribution in [2.45, 2.75) is 63.6 Å². The number of ether oxygens (including phenoxy) is 1. The highest BCUT2D eigenvalue weighted by atomic mass is 16.6. The fraction of sp³-hybridized carbons (Fsp3) is 0.800. The van der Waals surface area contributed by atoms with Gasteiger partial charge in [0.15, 0.2) is 0 Å². The van der Waals surface area contributed by atoms with Gasteiger partial charge in [-0.1, -0.05) is 32.3 Å². The maximum Gasteiger partial charge on any atom is 0.327 e. The Morgan fingerprint density at radius 1 is 1.00 bits per heavy atom. The Morgan fingerprint density at radius 3 is 1.61 bits per heavy atom. The molecule has 0 spiro atoms. The SMILES string of the molecule is C1CCC(C2OC2C2CCCC2)C1.C=CC(=O)O. The minimum Gasteiger partial charge on any atom is -0.478 e. The molecule has 2 atom stereocenters. The summed E-state index contributed by atoms with van der Waals surface area (Å²) in [7, 11) is 0. The van der Waals surface area contributed by atoms with E-state index in [0.29, 0.717) is 12.2 Å². The Morgan fingerprint density at radius 2 is 1.33 bits per heavy atom. The van der Waals surface area contributed by atoms with Crippen LogP contribution in [0.5, 0.6) is 0 Å². The Balaban J connectivity index is 0.000000209. The molecule has 1 saturated heterocycles. The molecule has 1 heterocycles. The van der Waals surface area contributed by atoms with Crippen LogP contribution < -0.4 is 0 Å². The Kier molecular flexibility index (Phi) is 4.81. The van der Waals surface area contributed by atoms with Gasteiger partial charge in [0.2, 0.25) is 0 Å². The lowest BCUT2D eigenvalue weighted by molar-refractivity contribution is -0.131. The van der Waals surface area contributed by atoms with Gasteiger partial charge < -0.3 is 9.84 Å². The van der Waals surface area contributed by atoms with Crippen molar-refractivity contribution < 1.29 is 14.6 Å². The first-order chi connectivity index (χ1) is 8.72. The molecule has 1 aliphatic heterocycles. The van der Waals surface area contributed by atoms with Crippen molar-refractivity contribution in [3.8, 4) is 0 Å². The zero-order valence-electron chi connectivity index (χ0n) is 11.0. The topological polar surface area (TPSA) is 49.8 Å². The van der Waals surface area contributed by atoms with Gasteiger partial charge in [0.05, 0.1) is 12.2 Å². The summed E-state index contributed by atoms with van der Waals surface area (Å²) in [6.45, 7) is 2.96. The second-order valence-electron chi connectivity index (χ2n) is 5.70. The average Bonchev–Trinajstić information content (AvgIpc) is 2.87. The van der Waals surface area contributed by atoms with Crippen LogP contribution in [-0.4, -0.2) is 23.3 Å². The van der Waals surface area contributed by atoms with Gasteiger partial charge in [0.1, 0.15) is 0 Å². The highest BCUT2D eigenvalue weighted by Gasteiger charge is 2.49. The van der Waals surface area contributed by atoms with E-state index in [4.69, 9.17) is 9.84 Å². The molecule has 2 aliphatic carbocycles. The standard InChI is InChI=1S/C12H20O.C3H4O2/c1-2-6-9(5-1)11-12(13-11)10-7-3-4-8-10;1-2-3(4)5/h9-12H,1-8H2;2H,1H2,(H,4,5). The number of hydrogen-bond acceptors (Lipinski definition) is 2. The average molecular weight is 252 g/mol. The first kappa shape index (κ1) is 13.6. The van der Waals surface area contributed by atoms with Crippen molar-refractivity contribution in [2.24, 2.45) is 11.8 Å². The van der Waals surface area contributed by atoms with Crippen LogP contribution >= 0.6 is 0 Å². The highest BCUT2D eigenvalue weighted by Crippen LogP contribution is 2.46. The maximum absolute atomic E-state index is 9.25. The molecule has 102 valence electrons. The normalized spacial score (nSPS) is 31.8. The monoisotopic (exact) mass is 252 g/mol. The van der Waals surface area contributed by atoms with E-state index in [0.717, 1.165) is 17.9 Å². The van der Waals surface area contributed by atoms with Crippen molar-refractivity contribution in [2.75, 3.05) is 0 Å². The van der Waals surface area contributed by atoms with Crippen molar-refractivity contribution in [1.29, 1.82) is 0 Å².